The molecule has 0 aliphatic heterocycles. The fourth-order valence-corrected chi connectivity index (χ4v) is 2.97. The molecule has 4 heteroatoms. The number of aromatic nitrogens is 1. The molecule has 88 valence electrons. The Morgan fingerprint density at radius 3 is 2.81 bits per heavy atom. The first kappa shape index (κ1) is 11.7. The molecule has 1 aromatic rings. The highest BCUT2D eigenvalue weighted by molar-refractivity contribution is 7.09. The van der Waals surface area contributed by atoms with Crippen molar-refractivity contribution in [1.82, 2.24) is 4.98 Å². The van der Waals surface area contributed by atoms with Crippen LogP contribution in [-0.4, -0.2) is 23.5 Å². The predicted octanol–water partition coefficient (Wildman–Crippen LogP) is 2.60. The van der Waals surface area contributed by atoms with Gasteiger partial charge in [-0.3, -0.25) is 4.79 Å². The van der Waals surface area contributed by atoms with Gasteiger partial charge in [0.15, 0.2) is 5.78 Å². The summed E-state index contributed by atoms with van der Waals surface area (Å²) in [5.74, 6) is 0.199. The minimum absolute atomic E-state index is 0.199. The summed E-state index contributed by atoms with van der Waals surface area (Å²) in [6, 6.07) is 0. The number of methoxy groups -OCH3 is 1. The monoisotopic (exact) mass is 239 g/mol. The summed E-state index contributed by atoms with van der Waals surface area (Å²) < 4.78 is 5.52. The van der Waals surface area contributed by atoms with Gasteiger partial charge in [-0.05, 0) is 12.8 Å². The van der Waals surface area contributed by atoms with Crippen LogP contribution in [0.1, 0.15) is 37.1 Å². The molecule has 1 heterocycles. The molecule has 1 aliphatic carbocycles. The van der Waals surface area contributed by atoms with Crippen molar-refractivity contribution in [2.45, 2.75) is 44.1 Å². The van der Waals surface area contributed by atoms with Gasteiger partial charge in [-0.25, -0.2) is 4.98 Å². The first-order chi connectivity index (χ1) is 7.77. The second-order valence-electron chi connectivity index (χ2n) is 4.28. The standard InChI is InChI=1S/C12H17NO2S/c1-15-12(5-3-2-4-6-12)10(14)9-11-13-7-8-16-11/h7-8H,2-6,9H2,1H3. The summed E-state index contributed by atoms with van der Waals surface area (Å²) in [7, 11) is 1.66. The van der Waals surface area contributed by atoms with Crippen LogP contribution in [0.4, 0.5) is 0 Å². The zero-order chi connectivity index (χ0) is 11.4. The van der Waals surface area contributed by atoms with E-state index in [1.54, 1.807) is 13.3 Å². The largest absolute Gasteiger partial charge is 0.370 e. The number of thiazole rings is 1. The summed E-state index contributed by atoms with van der Waals surface area (Å²) >= 11 is 1.54. The lowest BCUT2D eigenvalue weighted by Crippen LogP contribution is -2.43. The van der Waals surface area contributed by atoms with E-state index in [9.17, 15) is 4.79 Å². The molecule has 0 aromatic carbocycles. The molecule has 1 aromatic heterocycles. The average Bonchev–Trinajstić information content (AvgIpc) is 2.82. The van der Waals surface area contributed by atoms with Gasteiger partial charge >= 0.3 is 0 Å². The first-order valence-electron chi connectivity index (χ1n) is 5.74. The molecule has 0 radical (unpaired) electrons. The Hall–Kier alpha value is -0.740. The van der Waals surface area contributed by atoms with Gasteiger partial charge in [0.2, 0.25) is 0 Å². The number of Topliss-reactive ketones (excluding diaryl/α,β-unsaturated/α-hetero) is 1. The number of ketones is 1. The Morgan fingerprint density at radius 1 is 1.50 bits per heavy atom. The van der Waals surface area contributed by atoms with E-state index in [4.69, 9.17) is 4.74 Å². The lowest BCUT2D eigenvalue weighted by molar-refractivity contribution is -0.144. The zero-order valence-corrected chi connectivity index (χ0v) is 10.4. The van der Waals surface area contributed by atoms with Crippen LogP contribution in [0.3, 0.4) is 0 Å². The third kappa shape index (κ3) is 2.33. The minimum Gasteiger partial charge on any atom is -0.370 e. The summed E-state index contributed by atoms with van der Waals surface area (Å²) in [6.45, 7) is 0. The lowest BCUT2D eigenvalue weighted by atomic mass is 9.80. The second-order valence-corrected chi connectivity index (χ2v) is 5.26. The van der Waals surface area contributed by atoms with Crippen LogP contribution >= 0.6 is 11.3 Å². The third-order valence-corrected chi connectivity index (χ3v) is 4.14. The van der Waals surface area contributed by atoms with Crippen LogP contribution in [0.25, 0.3) is 0 Å². The molecule has 0 spiro atoms. The van der Waals surface area contributed by atoms with Crippen molar-refractivity contribution in [3.05, 3.63) is 16.6 Å². The maximum absolute atomic E-state index is 12.3. The highest BCUT2D eigenvalue weighted by atomic mass is 32.1. The quantitative estimate of drug-likeness (QED) is 0.810. The fraction of sp³-hybridized carbons (Fsp3) is 0.667. The normalized spacial score (nSPS) is 19.6. The van der Waals surface area contributed by atoms with E-state index in [-0.39, 0.29) is 5.78 Å². The molecule has 1 aliphatic rings. The van der Waals surface area contributed by atoms with Gasteiger partial charge in [-0.2, -0.15) is 0 Å². The number of carbonyl (C=O) groups is 1. The Balaban J connectivity index is 2.06. The molecular formula is C12H17NO2S. The molecule has 0 bridgehead atoms. The number of hydrogen-bond acceptors (Lipinski definition) is 4. The predicted molar refractivity (Wildman–Crippen MR) is 63.7 cm³/mol. The molecule has 0 N–H and O–H groups in total. The van der Waals surface area contributed by atoms with Crippen LogP contribution in [0.2, 0.25) is 0 Å². The molecule has 0 atom stereocenters. The molecule has 0 amide bonds. The summed E-state index contributed by atoms with van der Waals surface area (Å²) in [4.78, 5) is 16.4. The van der Waals surface area contributed by atoms with Gasteiger partial charge in [0, 0.05) is 18.7 Å². The minimum atomic E-state index is -0.524. The SMILES string of the molecule is COC1(C(=O)Cc2nccs2)CCCCC1. The number of ether oxygens (including phenoxy) is 1. The van der Waals surface area contributed by atoms with E-state index in [0.717, 1.165) is 30.7 Å². The van der Waals surface area contributed by atoms with Crippen molar-refractivity contribution in [2.75, 3.05) is 7.11 Å². The highest BCUT2D eigenvalue weighted by Gasteiger charge is 2.39. The maximum Gasteiger partial charge on any atom is 0.171 e. The lowest BCUT2D eigenvalue weighted by Gasteiger charge is -2.34. The number of nitrogens with zero attached hydrogens (tertiary/aromatic N) is 1. The molecular weight excluding hydrogens is 222 g/mol. The van der Waals surface area contributed by atoms with Gasteiger partial charge in [-0.15, -0.1) is 11.3 Å². The molecule has 2 rings (SSSR count). The van der Waals surface area contributed by atoms with Crippen molar-refractivity contribution in [3.63, 3.8) is 0 Å². The number of rotatable bonds is 4. The van der Waals surface area contributed by atoms with Crippen molar-refractivity contribution >= 4 is 17.1 Å². The maximum atomic E-state index is 12.3. The van der Waals surface area contributed by atoms with Crippen LogP contribution in [0.15, 0.2) is 11.6 Å². The molecule has 0 unspecified atom stereocenters. The van der Waals surface area contributed by atoms with E-state index in [0.29, 0.717) is 6.42 Å². The van der Waals surface area contributed by atoms with Crippen LogP contribution in [-0.2, 0) is 16.0 Å². The first-order valence-corrected chi connectivity index (χ1v) is 6.62. The molecule has 1 fully saturated rings. The van der Waals surface area contributed by atoms with Gasteiger partial charge in [0.1, 0.15) is 5.60 Å². The smallest absolute Gasteiger partial charge is 0.171 e. The zero-order valence-electron chi connectivity index (χ0n) is 9.57. The van der Waals surface area contributed by atoms with Gasteiger partial charge in [-0.1, -0.05) is 19.3 Å². The Kier molecular flexibility index (Phi) is 3.71. The Bertz CT molecular complexity index is 342. The molecule has 0 saturated heterocycles. The van der Waals surface area contributed by atoms with Crippen LogP contribution in [0.5, 0.6) is 0 Å². The van der Waals surface area contributed by atoms with E-state index in [1.807, 2.05) is 5.38 Å². The summed E-state index contributed by atoms with van der Waals surface area (Å²) in [5.41, 5.74) is -0.524. The Labute approximate surface area is 99.8 Å². The molecule has 16 heavy (non-hydrogen) atoms. The van der Waals surface area contributed by atoms with Crippen LogP contribution in [0, 0.1) is 0 Å². The second kappa shape index (κ2) is 5.06. The van der Waals surface area contributed by atoms with Gasteiger partial charge < -0.3 is 4.74 Å². The van der Waals surface area contributed by atoms with E-state index in [1.165, 1.54) is 17.8 Å². The van der Waals surface area contributed by atoms with Crippen molar-refractivity contribution in [2.24, 2.45) is 0 Å². The van der Waals surface area contributed by atoms with Crippen molar-refractivity contribution < 1.29 is 9.53 Å². The van der Waals surface area contributed by atoms with E-state index < -0.39 is 5.60 Å². The van der Waals surface area contributed by atoms with Crippen LogP contribution < -0.4 is 0 Å². The topological polar surface area (TPSA) is 39.2 Å². The summed E-state index contributed by atoms with van der Waals surface area (Å²) in [6.07, 6.45) is 7.31. The molecule has 3 nitrogen and oxygen atoms in total. The van der Waals surface area contributed by atoms with Crippen molar-refractivity contribution in [3.8, 4) is 0 Å². The van der Waals surface area contributed by atoms with Gasteiger partial charge in [0.05, 0.1) is 11.4 Å². The highest BCUT2D eigenvalue weighted by Crippen LogP contribution is 2.33. The number of hydrogen-bond donors (Lipinski definition) is 0. The van der Waals surface area contributed by atoms with E-state index in [2.05, 4.69) is 4.98 Å². The molecule has 1 saturated carbocycles. The van der Waals surface area contributed by atoms with Crippen molar-refractivity contribution in [1.29, 1.82) is 0 Å². The average molecular weight is 239 g/mol. The van der Waals surface area contributed by atoms with E-state index >= 15 is 0 Å². The Morgan fingerprint density at radius 2 is 2.25 bits per heavy atom. The van der Waals surface area contributed by atoms with Gasteiger partial charge in [0.25, 0.3) is 0 Å². The fourth-order valence-electron chi connectivity index (χ4n) is 2.36. The number of carbonyl (C=O) groups excluding carboxylic acids is 1. The third-order valence-electron chi connectivity index (χ3n) is 3.36. The summed E-state index contributed by atoms with van der Waals surface area (Å²) in [5, 5.41) is 2.80.